The minimum absolute atomic E-state index is 0.113. The summed E-state index contributed by atoms with van der Waals surface area (Å²) in [7, 11) is 1.82. The Balaban J connectivity index is 1.66. The van der Waals surface area contributed by atoms with E-state index in [1.165, 1.54) is 11.3 Å². The summed E-state index contributed by atoms with van der Waals surface area (Å²) in [6, 6.07) is 7.82. The lowest BCUT2D eigenvalue weighted by molar-refractivity contribution is -0.121. The smallest absolute Gasteiger partial charge is 0.236 e. The van der Waals surface area contributed by atoms with Gasteiger partial charge in [0.15, 0.2) is 5.13 Å². The van der Waals surface area contributed by atoms with Gasteiger partial charge >= 0.3 is 0 Å². The second-order valence-corrected chi connectivity index (χ2v) is 7.31. The van der Waals surface area contributed by atoms with Crippen LogP contribution in [-0.2, 0) is 10.2 Å². The lowest BCUT2D eigenvalue weighted by Gasteiger charge is -2.16. The Labute approximate surface area is 149 Å². The van der Waals surface area contributed by atoms with Gasteiger partial charge in [0, 0.05) is 36.1 Å². The highest BCUT2D eigenvalue weighted by molar-refractivity contribution is 7.14. The second kappa shape index (κ2) is 5.63. The average Bonchev–Trinajstić information content (AvgIpc) is 3.14. The standard InChI is InChI=1S/C18H17N5OS/c1-18(2)12-9-11(5-6-14(12)23(3)15(18)24)13-10-25-17(21-13)22-16-19-7-4-8-20-16/h4-10H,1-3H3,(H,19,20,21,22). The molecule has 3 heterocycles. The van der Waals surface area contributed by atoms with Crippen LogP contribution in [0, 0.1) is 0 Å². The van der Waals surface area contributed by atoms with E-state index in [4.69, 9.17) is 0 Å². The van der Waals surface area contributed by atoms with Crippen molar-refractivity contribution in [3.8, 4) is 11.3 Å². The normalized spacial score (nSPS) is 15.3. The number of nitrogens with one attached hydrogen (secondary N) is 1. The van der Waals surface area contributed by atoms with Gasteiger partial charge in [0.1, 0.15) is 0 Å². The number of aromatic nitrogens is 3. The number of hydrogen-bond acceptors (Lipinski definition) is 6. The number of anilines is 3. The van der Waals surface area contributed by atoms with E-state index in [1.54, 1.807) is 23.4 Å². The predicted octanol–water partition coefficient (Wildman–Crippen LogP) is 3.60. The lowest BCUT2D eigenvalue weighted by Crippen LogP contribution is -2.33. The van der Waals surface area contributed by atoms with Crippen molar-refractivity contribution in [1.29, 1.82) is 0 Å². The van der Waals surface area contributed by atoms with E-state index >= 15 is 0 Å². The number of fused-ring (bicyclic) bond motifs is 1. The number of hydrogen-bond donors (Lipinski definition) is 1. The van der Waals surface area contributed by atoms with Gasteiger partial charge in [-0.1, -0.05) is 6.07 Å². The predicted molar refractivity (Wildman–Crippen MR) is 99.3 cm³/mol. The molecule has 6 nitrogen and oxygen atoms in total. The van der Waals surface area contributed by atoms with Gasteiger partial charge in [0.2, 0.25) is 11.9 Å². The summed E-state index contributed by atoms with van der Waals surface area (Å²) in [5.74, 6) is 0.632. The Morgan fingerprint density at radius 1 is 1.20 bits per heavy atom. The van der Waals surface area contributed by atoms with Crippen LogP contribution in [0.5, 0.6) is 0 Å². The van der Waals surface area contributed by atoms with Crippen LogP contribution < -0.4 is 10.2 Å². The first-order valence-electron chi connectivity index (χ1n) is 7.89. The Kier molecular flexibility index (Phi) is 3.54. The third-order valence-electron chi connectivity index (χ3n) is 4.46. The van der Waals surface area contributed by atoms with Crippen molar-refractivity contribution in [1.82, 2.24) is 15.0 Å². The van der Waals surface area contributed by atoms with Crippen molar-refractivity contribution in [3.05, 3.63) is 47.6 Å². The van der Waals surface area contributed by atoms with Crippen molar-refractivity contribution in [3.63, 3.8) is 0 Å². The highest BCUT2D eigenvalue weighted by Gasteiger charge is 2.42. The fraction of sp³-hybridized carbons (Fsp3) is 0.222. The molecule has 1 N–H and O–H groups in total. The minimum atomic E-state index is -0.519. The SMILES string of the molecule is CN1C(=O)C(C)(C)c2cc(-c3csc(Nc4ncccn4)n3)ccc21. The highest BCUT2D eigenvalue weighted by Crippen LogP contribution is 2.42. The molecule has 1 aliphatic rings. The minimum Gasteiger partial charge on any atom is -0.314 e. The van der Waals surface area contributed by atoms with Crippen LogP contribution in [0.3, 0.4) is 0 Å². The summed E-state index contributed by atoms with van der Waals surface area (Å²) in [6.07, 6.45) is 3.36. The number of thiazole rings is 1. The molecule has 0 radical (unpaired) electrons. The summed E-state index contributed by atoms with van der Waals surface area (Å²) in [4.78, 5) is 27.0. The van der Waals surface area contributed by atoms with Gasteiger partial charge in [-0.25, -0.2) is 15.0 Å². The number of carbonyl (C=O) groups excluding carboxylic acids is 1. The zero-order valence-electron chi connectivity index (χ0n) is 14.1. The van der Waals surface area contributed by atoms with Crippen LogP contribution in [0.1, 0.15) is 19.4 Å². The molecule has 0 aliphatic carbocycles. The molecule has 0 saturated heterocycles. The molecule has 126 valence electrons. The zero-order chi connectivity index (χ0) is 17.6. The molecular formula is C18H17N5OS. The molecule has 0 unspecified atom stereocenters. The Morgan fingerprint density at radius 3 is 2.72 bits per heavy atom. The monoisotopic (exact) mass is 351 g/mol. The van der Waals surface area contributed by atoms with Crippen LogP contribution in [0.25, 0.3) is 11.3 Å². The molecular weight excluding hydrogens is 334 g/mol. The average molecular weight is 351 g/mol. The van der Waals surface area contributed by atoms with Gasteiger partial charge < -0.3 is 10.2 Å². The highest BCUT2D eigenvalue weighted by atomic mass is 32.1. The Hall–Kier alpha value is -2.80. The number of benzene rings is 1. The molecule has 0 atom stereocenters. The third kappa shape index (κ3) is 2.56. The molecule has 3 aromatic rings. The maximum Gasteiger partial charge on any atom is 0.236 e. The molecule has 0 spiro atoms. The van der Waals surface area contributed by atoms with Crippen molar-refractivity contribution >= 4 is 34.0 Å². The fourth-order valence-corrected chi connectivity index (χ4v) is 3.77. The first kappa shape index (κ1) is 15.7. The summed E-state index contributed by atoms with van der Waals surface area (Å²) in [6.45, 7) is 3.92. The van der Waals surface area contributed by atoms with Crippen LogP contribution in [0.15, 0.2) is 42.0 Å². The van der Waals surface area contributed by atoms with Crippen LogP contribution >= 0.6 is 11.3 Å². The van der Waals surface area contributed by atoms with E-state index in [2.05, 4.69) is 26.3 Å². The topological polar surface area (TPSA) is 71.0 Å². The van der Waals surface area contributed by atoms with Crippen molar-refractivity contribution in [2.45, 2.75) is 19.3 Å². The van der Waals surface area contributed by atoms with Crippen molar-refractivity contribution < 1.29 is 4.79 Å². The van der Waals surface area contributed by atoms with Gasteiger partial charge in [0.25, 0.3) is 0 Å². The maximum absolute atomic E-state index is 12.4. The Morgan fingerprint density at radius 2 is 1.96 bits per heavy atom. The molecule has 0 saturated carbocycles. The zero-order valence-corrected chi connectivity index (χ0v) is 15.0. The largest absolute Gasteiger partial charge is 0.314 e. The molecule has 0 bridgehead atoms. The summed E-state index contributed by atoms with van der Waals surface area (Å²) in [5, 5.41) is 5.82. The number of nitrogens with zero attached hydrogens (tertiary/aromatic N) is 4. The summed E-state index contributed by atoms with van der Waals surface area (Å²) >= 11 is 1.49. The van der Waals surface area contributed by atoms with Crippen LogP contribution in [0.2, 0.25) is 0 Å². The molecule has 25 heavy (non-hydrogen) atoms. The van der Waals surface area contributed by atoms with Gasteiger partial charge in [-0.05, 0) is 37.6 Å². The second-order valence-electron chi connectivity index (χ2n) is 6.46. The van der Waals surface area contributed by atoms with Crippen molar-refractivity contribution in [2.75, 3.05) is 17.3 Å². The number of carbonyl (C=O) groups is 1. The van der Waals surface area contributed by atoms with Gasteiger partial charge in [0.05, 0.1) is 11.1 Å². The first-order valence-corrected chi connectivity index (χ1v) is 8.77. The summed E-state index contributed by atoms with van der Waals surface area (Å²) < 4.78 is 0. The number of likely N-dealkylation sites (N-methyl/N-ethyl adjacent to an activating group) is 1. The van der Waals surface area contributed by atoms with E-state index in [0.29, 0.717) is 5.95 Å². The van der Waals surface area contributed by atoms with Gasteiger partial charge in [-0.15, -0.1) is 11.3 Å². The molecule has 0 fully saturated rings. The number of amides is 1. The molecule has 7 heteroatoms. The first-order chi connectivity index (χ1) is 12.0. The summed E-state index contributed by atoms with van der Waals surface area (Å²) in [5.41, 5.74) is 3.34. The molecule has 2 aromatic heterocycles. The fourth-order valence-electron chi connectivity index (χ4n) is 3.06. The number of rotatable bonds is 3. The van der Waals surface area contributed by atoms with Gasteiger partial charge in [-0.3, -0.25) is 4.79 Å². The van der Waals surface area contributed by atoms with E-state index in [9.17, 15) is 4.79 Å². The quantitative estimate of drug-likeness (QED) is 0.781. The lowest BCUT2D eigenvalue weighted by atomic mass is 9.85. The van der Waals surface area contributed by atoms with Gasteiger partial charge in [-0.2, -0.15) is 0 Å². The van der Waals surface area contributed by atoms with E-state index in [1.807, 2.05) is 38.4 Å². The molecule has 4 rings (SSSR count). The molecule has 1 amide bonds. The van der Waals surface area contributed by atoms with E-state index in [-0.39, 0.29) is 5.91 Å². The third-order valence-corrected chi connectivity index (χ3v) is 5.21. The molecule has 1 aromatic carbocycles. The maximum atomic E-state index is 12.4. The van der Waals surface area contributed by atoms with Crippen LogP contribution in [0.4, 0.5) is 16.8 Å². The molecule has 1 aliphatic heterocycles. The van der Waals surface area contributed by atoms with E-state index in [0.717, 1.165) is 27.6 Å². The van der Waals surface area contributed by atoms with Crippen molar-refractivity contribution in [2.24, 2.45) is 0 Å². The Bertz CT molecular complexity index is 951. The van der Waals surface area contributed by atoms with Crippen LogP contribution in [-0.4, -0.2) is 27.9 Å². The van der Waals surface area contributed by atoms with E-state index < -0.39 is 5.41 Å².